The van der Waals surface area contributed by atoms with Gasteiger partial charge in [0.25, 0.3) is 0 Å². The number of hydrogen-bond acceptors (Lipinski definition) is 36. The zero-order valence-corrected chi connectivity index (χ0v) is 90.0. The van der Waals surface area contributed by atoms with E-state index in [4.69, 9.17) is 43.3 Å². The van der Waals surface area contributed by atoms with Gasteiger partial charge in [-0.25, -0.2) is 0 Å². The van der Waals surface area contributed by atoms with Gasteiger partial charge in [-0.15, -0.1) is 141 Å². The number of nitrogens with zero attached hydrogens (tertiary/aromatic N) is 12. The molecule has 16 heterocycles. The topological polar surface area (TPSA) is 230 Å². The van der Waals surface area contributed by atoms with Gasteiger partial charge in [0.15, 0.2) is 0 Å². The van der Waals surface area contributed by atoms with Gasteiger partial charge in [0.1, 0.15) is 0 Å². The van der Waals surface area contributed by atoms with Crippen molar-refractivity contribution < 1.29 is 34.7 Å². The number of thiocarbonyl (C=S) groups is 8. The first-order valence-electron chi connectivity index (χ1n) is 31.9. The third kappa shape index (κ3) is 33.3. The second kappa shape index (κ2) is 61.2. The molecule has 0 saturated heterocycles. The van der Waals surface area contributed by atoms with Crippen LogP contribution in [0.2, 0.25) is 0 Å². The number of fused-ring (bicyclic) bond motifs is 6. The Hall–Kier alpha value is 1.60. The first-order chi connectivity index (χ1) is 55.2. The molecule has 0 fully saturated rings. The smallest absolute Gasteiger partial charge is 0.753 e. The summed E-state index contributed by atoms with van der Waals surface area (Å²) < 4.78 is 27.9. The van der Waals surface area contributed by atoms with E-state index in [9.17, 15) is 0 Å². The standard InChI is InChI=1S/2C16H16N2.3C10H8S8.8CNS.2Cr/c2*1-9-7-17-15-13(11(9)3)5-6-14-12(4)10(2)8-18-16(14)15;3*1-2-12-6-5(11-1)15-9(16-6)10-17-7-8(18-10)14-4-3-13-7;8*2-1-3;;/h2*5-8H,1-4H3;3*1-4H2;;;;;;;;;;/q;;;;;8*-1;2*+4. The Morgan fingerprint density at radius 1 is 0.216 bits per heavy atom. The van der Waals surface area contributed by atoms with E-state index in [0.717, 1.165) is 22.1 Å². The quantitative estimate of drug-likeness (QED) is 0.0781. The van der Waals surface area contributed by atoms with Gasteiger partial charge in [0, 0.05) is 115 Å². The van der Waals surface area contributed by atoms with Crippen LogP contribution in [-0.4, -0.2) is 130 Å². The van der Waals surface area contributed by atoms with Crippen molar-refractivity contribution in [2.75, 3.05) is 69.0 Å². The third-order valence-corrected chi connectivity index (χ3v) is 51.1. The van der Waals surface area contributed by atoms with Gasteiger partial charge in [-0.1, -0.05) is 263 Å². The molecule has 12 aliphatic heterocycles. The first-order valence-corrected chi connectivity index (χ1v) is 56.8. The van der Waals surface area contributed by atoms with Crippen LogP contribution in [0.1, 0.15) is 44.5 Å². The van der Waals surface area contributed by atoms with Gasteiger partial charge in [-0.2, -0.15) is 41.3 Å². The minimum Gasteiger partial charge on any atom is -0.753 e. The molecule has 0 N–H and O–H groups in total. The van der Waals surface area contributed by atoms with Crippen molar-refractivity contribution in [1.82, 2.24) is 19.9 Å². The van der Waals surface area contributed by atoms with E-state index >= 15 is 0 Å². The van der Waals surface area contributed by atoms with E-state index in [1.54, 1.807) is 50.8 Å². The van der Waals surface area contributed by atoms with E-state index in [2.05, 4.69) is 197 Å². The fraction of sp³-hybridized carbons (Fsp3) is 0.286. The van der Waals surface area contributed by atoms with Crippen LogP contribution in [0.15, 0.2) is 125 Å². The summed E-state index contributed by atoms with van der Waals surface area (Å²) in [4.78, 5) is 18.3. The molecule has 0 atom stereocenters. The predicted molar refractivity (Wildman–Crippen MR) is 583 cm³/mol. The molecule has 12 aliphatic rings. The molecule has 4 aromatic heterocycles. The third-order valence-electron chi connectivity index (χ3n) is 14.9. The molecule has 0 spiro atoms. The molecule has 12 nitrogen and oxygen atoms in total. The molecule has 0 aliphatic carbocycles. The van der Waals surface area contributed by atoms with Crippen molar-refractivity contribution in [2.24, 2.45) is 0 Å². The van der Waals surface area contributed by atoms with E-state index < -0.39 is 0 Å². The second-order valence-electron chi connectivity index (χ2n) is 21.3. The maximum atomic E-state index is 7.13. The molecule has 0 amide bonds. The number of aryl methyl sites for hydroxylation is 8. The number of thioether (sulfide) groups is 24. The van der Waals surface area contributed by atoms with Gasteiger partial charge in [-0.05, 0) is 99.9 Å². The van der Waals surface area contributed by atoms with Crippen molar-refractivity contribution in [2.45, 2.75) is 55.4 Å². The summed E-state index contributed by atoms with van der Waals surface area (Å²) in [5.74, 6) is 15.3. The molecule has 0 unspecified atom stereocenters. The second-order valence-corrected chi connectivity index (χ2v) is 52.9. The summed E-state index contributed by atoms with van der Waals surface area (Å²) >= 11 is 78.3. The predicted octanol–water partition coefficient (Wildman–Crippen LogP) is 32.2. The summed E-state index contributed by atoms with van der Waals surface area (Å²) in [5.41, 5.74) is 14.1. The molecule has 6 aromatic rings. The molecular weight excluding hydrogens is 2140 g/mol. The Bertz CT molecular complexity index is 4310. The summed E-state index contributed by atoms with van der Waals surface area (Å²) in [6.07, 6.45) is 7.75. The molecule has 0 saturated carbocycles. The Labute approximate surface area is 844 Å². The largest absolute Gasteiger partial charge is 4.00 e. The van der Waals surface area contributed by atoms with Crippen molar-refractivity contribution in [3.63, 3.8) is 0 Å². The van der Waals surface area contributed by atoms with Crippen molar-refractivity contribution in [3.8, 4) is 0 Å². The summed E-state index contributed by atoms with van der Waals surface area (Å²) in [6.45, 7) is 17.0. The van der Waals surface area contributed by atoms with Crippen molar-refractivity contribution in [3.05, 3.63) is 213 Å². The first kappa shape index (κ1) is 110. The normalized spacial score (nSPS) is 17.1. The van der Waals surface area contributed by atoms with Crippen LogP contribution in [0.5, 0.6) is 0 Å². The monoisotopic (exact) mass is 2190 g/mol. The van der Waals surface area contributed by atoms with Gasteiger partial charge in [0.2, 0.25) is 0 Å². The maximum Gasteiger partial charge on any atom is 4.00 e. The van der Waals surface area contributed by atoms with Crippen molar-refractivity contribution >= 4 is 465 Å². The van der Waals surface area contributed by atoms with Crippen LogP contribution in [-0.2, 0) is 34.7 Å². The van der Waals surface area contributed by atoms with Crippen LogP contribution in [0.3, 0.4) is 0 Å². The van der Waals surface area contributed by atoms with Gasteiger partial charge < -0.3 is 43.3 Å². The van der Waals surface area contributed by atoms with Crippen LogP contribution in [0.25, 0.3) is 86.9 Å². The fourth-order valence-electron chi connectivity index (χ4n) is 9.58. The minimum absolute atomic E-state index is 0. The van der Waals surface area contributed by atoms with E-state index in [-0.39, 0.29) is 34.7 Å². The SMILES string of the molecule is C1CSC2=C(S1)SC(=C1SC3=C(SCCS3)S1)S2.C1CSC2=C(S1)SC(=C1SC3=C(SCCS3)S1)S2.C1CSC2=C(S1)SC(=C1SC3=C(SCCS3)S1)S2.Cc1cnc2c(ccc3c(C)c(C)cnc32)c1C.Cc1cnc2c(ccc3c(C)c(C)cnc32)c1C.[Cr+4].[Cr+4].[N-]=C=S.[N-]=C=S.[N-]=C=S.[N-]=C=S.[N-]=C=S.[N-]=C=S.[N-]=C=S.[N-]=C=S. The number of benzene rings is 2. The Balaban J connectivity index is 0.000000284. The zero-order valence-electron chi connectivity index (χ0n) is 61.4. The summed E-state index contributed by atoms with van der Waals surface area (Å²) in [6, 6.07) is 8.67. The van der Waals surface area contributed by atoms with Gasteiger partial charge in [0.05, 0.1) is 98.3 Å². The molecule has 0 bridgehead atoms. The Morgan fingerprint density at radius 2 is 0.319 bits per heavy atom. The van der Waals surface area contributed by atoms with Crippen LogP contribution in [0.4, 0.5) is 0 Å². The minimum atomic E-state index is 0. The number of rotatable bonds is 0. The number of isothiocyanates is 8. The molecule has 18 rings (SSSR count). The van der Waals surface area contributed by atoms with Gasteiger partial charge in [-0.3, -0.25) is 19.9 Å². The Morgan fingerprint density at radius 3 is 0.422 bits per heavy atom. The zero-order chi connectivity index (χ0) is 83.2. The van der Waals surface area contributed by atoms with E-state index in [1.165, 1.54) is 202 Å². The number of hydrogen-bond donors (Lipinski definition) is 0. The summed E-state index contributed by atoms with van der Waals surface area (Å²) in [5, 5.41) is 72.6. The average molecular weight is 2200 g/mol. The van der Waals surface area contributed by atoms with Crippen LogP contribution in [0, 0.1) is 55.4 Å². The van der Waals surface area contributed by atoms with E-state index in [0.29, 0.717) is 0 Å². The average Bonchev–Trinajstić information content (AvgIpc) is 0.941. The van der Waals surface area contributed by atoms with Crippen LogP contribution < -0.4 is 0 Å². The molecular formula is C70H56Cr2N12S32. The van der Waals surface area contributed by atoms with E-state index in [1.807, 2.05) is 307 Å². The number of aromatic nitrogens is 4. The Kier molecular flexibility index (Phi) is 58.0. The fourth-order valence-corrected chi connectivity index (χ4v) is 46.2. The van der Waals surface area contributed by atoms with Crippen molar-refractivity contribution in [1.29, 1.82) is 0 Å². The molecule has 116 heavy (non-hydrogen) atoms. The molecule has 46 heteroatoms. The molecule has 0 radical (unpaired) electrons. The molecule has 600 valence electrons. The van der Waals surface area contributed by atoms with Crippen LogP contribution >= 0.6 is 380 Å². The number of pyridine rings is 4. The molecule has 2 aromatic carbocycles. The van der Waals surface area contributed by atoms with Gasteiger partial charge >= 0.3 is 34.7 Å². The maximum absolute atomic E-state index is 7.13. The summed E-state index contributed by atoms with van der Waals surface area (Å²) in [7, 11) is 0.